The van der Waals surface area contributed by atoms with E-state index in [1.807, 2.05) is 24.3 Å². The second-order valence-electron chi connectivity index (χ2n) is 6.03. The van der Waals surface area contributed by atoms with Crippen LogP contribution in [-0.2, 0) is 17.3 Å². The summed E-state index contributed by atoms with van der Waals surface area (Å²) in [5.74, 6) is 0.513. The van der Waals surface area contributed by atoms with Crippen LogP contribution >= 0.6 is 0 Å². The van der Waals surface area contributed by atoms with Gasteiger partial charge in [0.1, 0.15) is 0 Å². The molecule has 1 saturated carbocycles. The fraction of sp³-hybridized carbons (Fsp3) is 0.647. The van der Waals surface area contributed by atoms with Crippen molar-refractivity contribution >= 4 is 10.8 Å². The molecule has 0 aliphatic heterocycles. The fourth-order valence-electron chi connectivity index (χ4n) is 3.05. The molecule has 1 aliphatic rings. The lowest BCUT2D eigenvalue weighted by Gasteiger charge is -2.27. The van der Waals surface area contributed by atoms with E-state index in [0.717, 1.165) is 37.2 Å². The lowest BCUT2D eigenvalue weighted by Crippen LogP contribution is -2.25. The zero-order chi connectivity index (χ0) is 15.1. The van der Waals surface area contributed by atoms with Crippen LogP contribution < -0.4 is 5.32 Å². The molecule has 3 nitrogen and oxygen atoms in total. The van der Waals surface area contributed by atoms with Gasteiger partial charge in [0.05, 0.1) is 6.10 Å². The molecule has 0 aromatic heterocycles. The number of hydrogen-bond acceptors (Lipinski definition) is 3. The van der Waals surface area contributed by atoms with Crippen molar-refractivity contribution in [2.75, 3.05) is 12.8 Å². The molecule has 0 spiro atoms. The Labute approximate surface area is 130 Å². The second kappa shape index (κ2) is 8.66. The Hall–Kier alpha value is -0.710. The molecule has 3 atom stereocenters. The molecule has 1 fully saturated rings. The van der Waals surface area contributed by atoms with E-state index in [1.54, 1.807) is 6.26 Å². The predicted molar refractivity (Wildman–Crippen MR) is 87.7 cm³/mol. The zero-order valence-corrected chi connectivity index (χ0v) is 13.7. The first kappa shape index (κ1) is 16.7. The van der Waals surface area contributed by atoms with Crippen LogP contribution in [-0.4, -0.2) is 28.2 Å². The molecule has 0 bridgehead atoms. The van der Waals surface area contributed by atoms with E-state index in [4.69, 9.17) is 0 Å². The molecule has 21 heavy (non-hydrogen) atoms. The molecule has 1 aliphatic carbocycles. The highest BCUT2D eigenvalue weighted by Crippen LogP contribution is 2.27. The summed E-state index contributed by atoms with van der Waals surface area (Å²) in [6.45, 7) is 1.84. The van der Waals surface area contributed by atoms with Gasteiger partial charge in [-0.05, 0) is 55.8 Å². The maximum absolute atomic E-state index is 11.3. The van der Waals surface area contributed by atoms with Crippen molar-refractivity contribution in [3.8, 4) is 0 Å². The van der Waals surface area contributed by atoms with Crippen molar-refractivity contribution in [1.29, 1.82) is 0 Å². The molecular weight excluding hydrogens is 282 g/mol. The van der Waals surface area contributed by atoms with Gasteiger partial charge in [-0.25, -0.2) is 0 Å². The Kier molecular flexibility index (Phi) is 6.87. The molecule has 0 radical (unpaired) electrons. The summed E-state index contributed by atoms with van der Waals surface area (Å²) in [4.78, 5) is 0.880. The van der Waals surface area contributed by atoms with Crippen LogP contribution in [0.3, 0.4) is 0 Å². The summed E-state index contributed by atoms with van der Waals surface area (Å²) in [6.07, 6.45) is 8.53. The van der Waals surface area contributed by atoms with Gasteiger partial charge in [-0.15, -0.1) is 0 Å². The highest BCUT2D eigenvalue weighted by Gasteiger charge is 2.21. The smallest absolute Gasteiger partial charge is 0.0568 e. The average molecular weight is 309 g/mol. The zero-order valence-electron chi connectivity index (χ0n) is 12.9. The summed E-state index contributed by atoms with van der Waals surface area (Å²) >= 11 is 0. The van der Waals surface area contributed by atoms with Crippen molar-refractivity contribution in [2.45, 2.75) is 56.1 Å². The van der Waals surface area contributed by atoms with Gasteiger partial charge in [0.15, 0.2) is 0 Å². The summed E-state index contributed by atoms with van der Waals surface area (Å²) in [5, 5.41) is 13.4. The third-order valence-corrected chi connectivity index (χ3v) is 5.32. The van der Waals surface area contributed by atoms with Gasteiger partial charge in [-0.2, -0.15) is 0 Å². The van der Waals surface area contributed by atoms with Crippen molar-refractivity contribution in [1.82, 2.24) is 5.32 Å². The predicted octanol–water partition coefficient (Wildman–Crippen LogP) is 2.84. The van der Waals surface area contributed by atoms with Crippen LogP contribution in [0.4, 0.5) is 0 Å². The van der Waals surface area contributed by atoms with Crippen molar-refractivity contribution in [3.05, 3.63) is 29.8 Å². The van der Waals surface area contributed by atoms with Crippen molar-refractivity contribution in [3.63, 3.8) is 0 Å². The molecule has 0 amide bonds. The first-order chi connectivity index (χ1) is 10.2. The Bertz CT molecular complexity index is 447. The molecule has 1 aromatic rings. The fourth-order valence-corrected chi connectivity index (χ4v) is 3.57. The van der Waals surface area contributed by atoms with Crippen LogP contribution in [0.2, 0.25) is 0 Å². The number of aliphatic hydroxyl groups excluding tert-OH is 1. The van der Waals surface area contributed by atoms with Crippen LogP contribution in [0, 0.1) is 5.92 Å². The van der Waals surface area contributed by atoms with Gasteiger partial charge in [-0.1, -0.05) is 25.0 Å². The van der Waals surface area contributed by atoms with E-state index in [-0.39, 0.29) is 6.10 Å². The Morgan fingerprint density at radius 1 is 1.24 bits per heavy atom. The average Bonchev–Trinajstić information content (AvgIpc) is 2.49. The number of hydrogen-bond donors (Lipinski definition) is 2. The lowest BCUT2D eigenvalue weighted by molar-refractivity contribution is 0.0643. The third kappa shape index (κ3) is 5.53. The minimum atomic E-state index is -0.897. The molecule has 3 unspecified atom stereocenters. The minimum Gasteiger partial charge on any atom is -0.393 e. The third-order valence-electron chi connectivity index (χ3n) is 4.38. The molecule has 0 saturated heterocycles. The quantitative estimate of drug-likeness (QED) is 0.762. The molecule has 4 heteroatoms. The van der Waals surface area contributed by atoms with Gasteiger partial charge < -0.3 is 10.4 Å². The topological polar surface area (TPSA) is 49.3 Å². The van der Waals surface area contributed by atoms with Crippen LogP contribution in [0.1, 0.15) is 44.1 Å². The molecular formula is C17H27NO2S. The minimum absolute atomic E-state index is 0.0683. The maximum Gasteiger partial charge on any atom is 0.0568 e. The SMILES string of the molecule is CS(=O)c1ccc(CNCCCC2CCCCC2O)cc1. The van der Waals surface area contributed by atoms with Crippen molar-refractivity contribution in [2.24, 2.45) is 5.92 Å². The van der Waals surface area contributed by atoms with Crippen LogP contribution in [0.15, 0.2) is 29.2 Å². The van der Waals surface area contributed by atoms with Gasteiger partial charge in [0.25, 0.3) is 0 Å². The summed E-state index contributed by atoms with van der Waals surface area (Å²) in [5.41, 5.74) is 1.22. The van der Waals surface area contributed by atoms with E-state index in [0.29, 0.717) is 5.92 Å². The standard InChI is InChI=1S/C17H27NO2S/c1-21(20)16-10-8-14(9-11-16)13-18-12-4-6-15-5-2-3-7-17(15)19/h8-11,15,17-19H,2-7,12-13H2,1H3. The van der Waals surface area contributed by atoms with E-state index < -0.39 is 10.8 Å². The molecule has 0 heterocycles. The molecule has 2 rings (SSSR count). The lowest BCUT2D eigenvalue weighted by atomic mass is 9.83. The first-order valence-corrected chi connectivity index (χ1v) is 9.54. The number of aliphatic hydroxyl groups is 1. The molecule has 1 aromatic carbocycles. The van der Waals surface area contributed by atoms with Crippen LogP contribution in [0.5, 0.6) is 0 Å². The number of nitrogens with one attached hydrogen (secondary N) is 1. The Morgan fingerprint density at radius 3 is 2.62 bits per heavy atom. The normalized spacial score (nSPS) is 23.9. The van der Waals surface area contributed by atoms with Gasteiger partial charge in [0, 0.05) is 28.5 Å². The van der Waals surface area contributed by atoms with E-state index >= 15 is 0 Å². The number of benzene rings is 1. The molecule has 2 N–H and O–H groups in total. The maximum atomic E-state index is 11.3. The summed E-state index contributed by atoms with van der Waals surface area (Å²) in [6, 6.07) is 7.94. The van der Waals surface area contributed by atoms with Gasteiger partial charge in [-0.3, -0.25) is 4.21 Å². The summed E-state index contributed by atoms with van der Waals surface area (Å²) in [7, 11) is -0.897. The largest absolute Gasteiger partial charge is 0.393 e. The highest BCUT2D eigenvalue weighted by atomic mass is 32.2. The van der Waals surface area contributed by atoms with Crippen molar-refractivity contribution < 1.29 is 9.32 Å². The Balaban J connectivity index is 1.62. The van der Waals surface area contributed by atoms with Gasteiger partial charge in [0.2, 0.25) is 0 Å². The Morgan fingerprint density at radius 2 is 1.95 bits per heavy atom. The molecule has 118 valence electrons. The number of rotatable bonds is 7. The highest BCUT2D eigenvalue weighted by molar-refractivity contribution is 7.84. The van der Waals surface area contributed by atoms with E-state index in [1.165, 1.54) is 24.8 Å². The van der Waals surface area contributed by atoms with E-state index in [9.17, 15) is 9.32 Å². The van der Waals surface area contributed by atoms with E-state index in [2.05, 4.69) is 5.32 Å². The monoisotopic (exact) mass is 309 g/mol. The second-order valence-corrected chi connectivity index (χ2v) is 7.41. The van der Waals surface area contributed by atoms with Crippen LogP contribution in [0.25, 0.3) is 0 Å². The first-order valence-electron chi connectivity index (χ1n) is 7.98. The van der Waals surface area contributed by atoms with Gasteiger partial charge >= 0.3 is 0 Å². The summed E-state index contributed by atoms with van der Waals surface area (Å²) < 4.78 is 11.3.